The summed E-state index contributed by atoms with van der Waals surface area (Å²) in [5.74, 6) is -0.687. The lowest BCUT2D eigenvalue weighted by Gasteiger charge is -2.30. The molecule has 0 unspecified atom stereocenters. The zero-order chi connectivity index (χ0) is 35.4. The van der Waals surface area contributed by atoms with Crippen molar-refractivity contribution in [2.75, 3.05) is 59.8 Å². The highest BCUT2D eigenvalue weighted by atomic mass is 16.5. The molecule has 0 bridgehead atoms. The van der Waals surface area contributed by atoms with Gasteiger partial charge in [-0.15, -0.1) is 0 Å². The third kappa shape index (κ3) is 22.3. The zero-order valence-electron chi connectivity index (χ0n) is 31.0. The summed E-state index contributed by atoms with van der Waals surface area (Å²) in [6.45, 7) is 23.9. The van der Waals surface area contributed by atoms with Crippen LogP contribution in [0, 0.1) is 21.7 Å². The topological polar surface area (TPSA) is 144 Å². The van der Waals surface area contributed by atoms with Gasteiger partial charge in [0.2, 0.25) is 23.6 Å². The zero-order valence-corrected chi connectivity index (χ0v) is 31.0. The lowest BCUT2D eigenvalue weighted by atomic mass is 9.92. The van der Waals surface area contributed by atoms with Gasteiger partial charge in [-0.05, 0) is 12.8 Å². The molecule has 0 saturated carbocycles. The molecule has 0 radical (unpaired) electrons. The molecule has 0 aromatic carbocycles. The second-order valence-electron chi connectivity index (χ2n) is 15.8. The Balaban J connectivity index is 5.01. The molecule has 4 amide bonds. The van der Waals surface area contributed by atoms with Crippen molar-refractivity contribution in [3.63, 3.8) is 0 Å². The molecule has 11 heteroatoms. The Morgan fingerprint density at radius 2 is 1.07 bits per heavy atom. The average Bonchev–Trinajstić information content (AvgIpc) is 2.95. The Morgan fingerprint density at radius 3 is 1.54 bits per heavy atom. The molecule has 0 rings (SSSR count). The molecule has 0 spiro atoms. The van der Waals surface area contributed by atoms with Gasteiger partial charge in [-0.2, -0.15) is 0 Å². The molecule has 0 saturated heterocycles. The van der Waals surface area contributed by atoms with Gasteiger partial charge in [0.15, 0.2) is 0 Å². The highest BCUT2D eigenvalue weighted by Gasteiger charge is 2.28. The van der Waals surface area contributed by atoms with Crippen molar-refractivity contribution in [2.45, 2.75) is 120 Å². The van der Waals surface area contributed by atoms with Crippen LogP contribution in [-0.4, -0.2) is 89.4 Å². The average molecular weight is 657 g/mol. The van der Waals surface area contributed by atoms with Gasteiger partial charge in [0, 0.05) is 67.7 Å². The Labute approximate surface area is 279 Å². The highest BCUT2D eigenvalue weighted by molar-refractivity contribution is 5.88. The summed E-state index contributed by atoms with van der Waals surface area (Å²) in [4.78, 5) is 50.3. The van der Waals surface area contributed by atoms with Crippen LogP contribution in [0.1, 0.15) is 114 Å². The van der Waals surface area contributed by atoms with Gasteiger partial charge in [0.05, 0.1) is 33.0 Å². The van der Waals surface area contributed by atoms with Crippen LogP contribution < -0.4 is 21.3 Å². The maximum absolute atomic E-state index is 13.3. The van der Waals surface area contributed by atoms with Crippen molar-refractivity contribution in [1.82, 2.24) is 21.3 Å². The molecule has 270 valence electrons. The summed E-state index contributed by atoms with van der Waals surface area (Å²) < 4.78 is 17.2. The van der Waals surface area contributed by atoms with Crippen molar-refractivity contribution in [3.8, 4) is 0 Å². The minimum atomic E-state index is -0.822. The number of hydrogen-bond donors (Lipinski definition) is 4. The van der Waals surface area contributed by atoms with Crippen molar-refractivity contribution in [1.29, 1.82) is 0 Å². The smallest absolute Gasteiger partial charge is 0.242 e. The van der Waals surface area contributed by atoms with Crippen LogP contribution in [0.5, 0.6) is 0 Å². The molecule has 0 heterocycles. The number of methoxy groups -OCH3 is 1. The van der Waals surface area contributed by atoms with Gasteiger partial charge in [-0.1, -0.05) is 82.1 Å². The largest absolute Gasteiger partial charge is 0.384 e. The number of rotatable bonds is 26. The number of carbonyl (C=O) groups is 4. The third-order valence-electron chi connectivity index (χ3n) is 7.42. The van der Waals surface area contributed by atoms with E-state index >= 15 is 0 Å². The molecule has 0 aromatic heterocycles. The summed E-state index contributed by atoms with van der Waals surface area (Å²) in [7, 11) is 1.67. The van der Waals surface area contributed by atoms with Crippen molar-refractivity contribution in [2.24, 2.45) is 21.7 Å². The highest BCUT2D eigenvalue weighted by Crippen LogP contribution is 2.21. The first-order valence-electron chi connectivity index (χ1n) is 17.0. The fourth-order valence-electron chi connectivity index (χ4n) is 4.48. The van der Waals surface area contributed by atoms with E-state index < -0.39 is 6.04 Å². The van der Waals surface area contributed by atoms with Crippen LogP contribution in [0.4, 0.5) is 0 Å². The van der Waals surface area contributed by atoms with E-state index in [2.05, 4.69) is 42.0 Å². The first-order chi connectivity index (χ1) is 21.3. The number of amides is 4. The molecule has 1 atom stereocenters. The number of ether oxygens (including phenoxy) is 3. The van der Waals surface area contributed by atoms with Crippen molar-refractivity contribution >= 4 is 23.6 Å². The van der Waals surface area contributed by atoms with E-state index in [-0.39, 0.29) is 58.1 Å². The summed E-state index contributed by atoms with van der Waals surface area (Å²) in [6, 6.07) is -0.822. The number of unbranched alkanes of at least 4 members (excludes halogenated alkanes) is 2. The van der Waals surface area contributed by atoms with Crippen LogP contribution in [-0.2, 0) is 33.4 Å². The second kappa shape index (κ2) is 21.6. The van der Waals surface area contributed by atoms with Gasteiger partial charge in [0.25, 0.3) is 0 Å². The molecular formula is C35H68N4O7. The van der Waals surface area contributed by atoms with E-state index in [1.54, 1.807) is 7.11 Å². The molecule has 0 aliphatic carbocycles. The van der Waals surface area contributed by atoms with Crippen LogP contribution in [0.15, 0.2) is 0 Å². The lowest BCUT2D eigenvalue weighted by molar-refractivity contribution is -0.130. The minimum Gasteiger partial charge on any atom is -0.384 e. The third-order valence-corrected chi connectivity index (χ3v) is 7.42. The van der Waals surface area contributed by atoms with E-state index in [0.29, 0.717) is 65.5 Å². The molecule has 0 fully saturated rings. The SMILES string of the molecule is CCCCCC(=O)N[C@H](CCC(=O)NCC(C)(C)COCC(C)(C)COC)C(=O)NCC(C)(C)COCC(C)(C)CNC(=O)CC. The number of nitrogens with one attached hydrogen (secondary N) is 4. The summed E-state index contributed by atoms with van der Waals surface area (Å²) in [5, 5.41) is 11.7. The monoisotopic (exact) mass is 657 g/mol. The molecule has 0 aliphatic rings. The van der Waals surface area contributed by atoms with E-state index in [9.17, 15) is 19.2 Å². The Kier molecular flexibility index (Phi) is 20.5. The fourth-order valence-corrected chi connectivity index (χ4v) is 4.48. The maximum Gasteiger partial charge on any atom is 0.242 e. The van der Waals surface area contributed by atoms with Gasteiger partial charge in [-0.3, -0.25) is 19.2 Å². The Bertz CT molecular complexity index is 919. The molecule has 0 aliphatic heterocycles. The summed E-state index contributed by atoms with van der Waals surface area (Å²) >= 11 is 0. The Morgan fingerprint density at radius 1 is 0.587 bits per heavy atom. The van der Waals surface area contributed by atoms with Gasteiger partial charge >= 0.3 is 0 Å². The standard InChI is InChI=1S/C35H68N4O7/c1-12-14-15-16-30(42)39-27(17-18-29(41)37-20-33(5,6)24-46-26-35(9,10)22-44-11)31(43)38-21-34(7,8)25-45-23-32(3,4)19-36-28(40)13-2/h27H,12-26H2,1-11H3,(H,36,40)(H,37,41)(H,38,43)(H,39,42)/t27-/m1/s1. The maximum atomic E-state index is 13.3. The molecule has 4 N–H and O–H groups in total. The fraction of sp³-hybridized carbons (Fsp3) is 0.886. The molecule has 11 nitrogen and oxygen atoms in total. The van der Waals surface area contributed by atoms with Gasteiger partial charge < -0.3 is 35.5 Å². The van der Waals surface area contributed by atoms with Gasteiger partial charge in [-0.25, -0.2) is 0 Å². The summed E-state index contributed by atoms with van der Waals surface area (Å²) in [6.07, 6.45) is 3.75. The number of carbonyl (C=O) groups excluding carboxylic acids is 4. The second-order valence-corrected chi connectivity index (χ2v) is 15.8. The first kappa shape index (κ1) is 43.8. The first-order valence-corrected chi connectivity index (χ1v) is 17.0. The minimum absolute atomic E-state index is 0.00709. The molecule has 0 aromatic rings. The van der Waals surface area contributed by atoms with Crippen LogP contribution in [0.2, 0.25) is 0 Å². The van der Waals surface area contributed by atoms with Gasteiger partial charge in [0.1, 0.15) is 6.04 Å². The van der Waals surface area contributed by atoms with Crippen molar-refractivity contribution < 1.29 is 33.4 Å². The predicted octanol–water partition coefficient (Wildman–Crippen LogP) is 4.37. The normalized spacial score (nSPS) is 13.2. The van der Waals surface area contributed by atoms with Crippen LogP contribution >= 0.6 is 0 Å². The molecular weight excluding hydrogens is 588 g/mol. The van der Waals surface area contributed by atoms with Crippen LogP contribution in [0.25, 0.3) is 0 Å². The van der Waals surface area contributed by atoms with Crippen LogP contribution in [0.3, 0.4) is 0 Å². The summed E-state index contributed by atoms with van der Waals surface area (Å²) in [5.41, 5.74) is -0.994. The number of hydrogen-bond acceptors (Lipinski definition) is 7. The molecule has 46 heavy (non-hydrogen) atoms. The Hall–Kier alpha value is -2.24. The van der Waals surface area contributed by atoms with E-state index in [1.807, 2.05) is 48.5 Å². The quantitative estimate of drug-likeness (QED) is 0.101. The predicted molar refractivity (Wildman–Crippen MR) is 183 cm³/mol. The van der Waals surface area contributed by atoms with E-state index in [0.717, 1.165) is 19.3 Å². The van der Waals surface area contributed by atoms with E-state index in [1.165, 1.54) is 0 Å². The lowest BCUT2D eigenvalue weighted by Crippen LogP contribution is -2.49. The van der Waals surface area contributed by atoms with Crippen molar-refractivity contribution in [3.05, 3.63) is 0 Å². The van der Waals surface area contributed by atoms with E-state index in [4.69, 9.17) is 14.2 Å².